The molecule has 0 rings (SSSR count). The molecule has 0 fully saturated rings. The summed E-state index contributed by atoms with van der Waals surface area (Å²) in [6, 6.07) is -3.14. The number of carbonyl (C=O) groups is 4. The van der Waals surface area contributed by atoms with Gasteiger partial charge in [-0.05, 0) is 13.8 Å². The van der Waals surface area contributed by atoms with Gasteiger partial charge in [0.25, 0.3) is 0 Å². The van der Waals surface area contributed by atoms with Crippen LogP contribution < -0.4 is 16.8 Å². The molecule has 0 aromatic rings. The first-order valence-corrected chi connectivity index (χ1v) is 5.91. The molecule has 9 heteroatoms. The topological polar surface area (TPSA) is 156 Å². The van der Waals surface area contributed by atoms with E-state index in [9.17, 15) is 19.2 Å². The summed E-state index contributed by atoms with van der Waals surface area (Å²) in [5, 5.41) is 11.0. The number of hydrogen-bond donors (Lipinski definition) is 4. The van der Waals surface area contributed by atoms with E-state index in [0.717, 1.165) is 4.90 Å². The maximum absolute atomic E-state index is 11.8. The van der Waals surface area contributed by atoms with E-state index >= 15 is 0 Å². The highest BCUT2D eigenvalue weighted by Gasteiger charge is 2.28. The number of carbonyl (C=O) groups excluding carboxylic acids is 3. The number of primary amides is 1. The van der Waals surface area contributed by atoms with Gasteiger partial charge in [-0.3, -0.25) is 14.4 Å². The van der Waals surface area contributed by atoms with Gasteiger partial charge < -0.3 is 26.8 Å². The molecule has 20 heavy (non-hydrogen) atoms. The van der Waals surface area contributed by atoms with Gasteiger partial charge in [0.1, 0.15) is 12.1 Å². The van der Waals surface area contributed by atoms with Crippen molar-refractivity contribution in [2.45, 2.75) is 38.4 Å². The van der Waals surface area contributed by atoms with Crippen LogP contribution in [0.15, 0.2) is 0 Å². The van der Waals surface area contributed by atoms with Crippen LogP contribution in [0.5, 0.6) is 0 Å². The van der Waals surface area contributed by atoms with Crippen molar-refractivity contribution in [2.24, 2.45) is 11.5 Å². The van der Waals surface area contributed by atoms with Gasteiger partial charge in [0.2, 0.25) is 17.7 Å². The Morgan fingerprint density at radius 1 is 1.25 bits per heavy atom. The van der Waals surface area contributed by atoms with Crippen molar-refractivity contribution >= 4 is 23.7 Å². The molecule has 114 valence electrons. The summed E-state index contributed by atoms with van der Waals surface area (Å²) in [6.45, 7) is 2.88. The van der Waals surface area contributed by atoms with Crippen molar-refractivity contribution in [2.75, 3.05) is 7.05 Å². The van der Waals surface area contributed by atoms with Gasteiger partial charge in [0, 0.05) is 7.05 Å². The van der Waals surface area contributed by atoms with Crippen LogP contribution in [0.2, 0.25) is 0 Å². The van der Waals surface area contributed by atoms with Gasteiger partial charge in [-0.2, -0.15) is 0 Å². The number of nitrogens with two attached hydrogens (primary N) is 2. The lowest BCUT2D eigenvalue weighted by Crippen LogP contribution is -2.53. The average molecular weight is 288 g/mol. The molecular formula is C11H20N4O5. The number of rotatable bonds is 7. The molecule has 6 N–H and O–H groups in total. The van der Waals surface area contributed by atoms with Crippen molar-refractivity contribution in [3.8, 4) is 0 Å². The third-order valence-corrected chi connectivity index (χ3v) is 2.72. The summed E-state index contributed by atoms with van der Waals surface area (Å²) in [5.41, 5.74) is 10.3. The Hall–Kier alpha value is -2.16. The van der Waals surface area contributed by atoms with E-state index in [1.165, 1.54) is 20.9 Å². The minimum Gasteiger partial charge on any atom is -0.480 e. The summed E-state index contributed by atoms with van der Waals surface area (Å²) in [4.78, 5) is 46.2. The number of likely N-dealkylation sites (N-methyl/N-ethyl adjacent to an activating group) is 1. The van der Waals surface area contributed by atoms with E-state index in [4.69, 9.17) is 16.6 Å². The van der Waals surface area contributed by atoms with Crippen LogP contribution in [0, 0.1) is 0 Å². The summed E-state index contributed by atoms with van der Waals surface area (Å²) in [6.07, 6.45) is -0.529. The van der Waals surface area contributed by atoms with Gasteiger partial charge in [0.15, 0.2) is 0 Å². The van der Waals surface area contributed by atoms with Gasteiger partial charge in [-0.15, -0.1) is 0 Å². The van der Waals surface area contributed by atoms with Gasteiger partial charge in [0.05, 0.1) is 12.5 Å². The average Bonchev–Trinajstić information content (AvgIpc) is 2.34. The van der Waals surface area contributed by atoms with Crippen LogP contribution in [0.3, 0.4) is 0 Å². The molecule has 0 aromatic carbocycles. The van der Waals surface area contributed by atoms with E-state index < -0.39 is 48.2 Å². The van der Waals surface area contributed by atoms with Crippen LogP contribution in [0.25, 0.3) is 0 Å². The Bertz CT molecular complexity index is 410. The normalized spacial score (nSPS) is 14.8. The fourth-order valence-corrected chi connectivity index (χ4v) is 1.38. The highest BCUT2D eigenvalue weighted by Crippen LogP contribution is 2.01. The summed E-state index contributed by atoms with van der Waals surface area (Å²) < 4.78 is 0. The molecule has 3 unspecified atom stereocenters. The highest BCUT2D eigenvalue weighted by molar-refractivity contribution is 5.92. The van der Waals surface area contributed by atoms with E-state index in [-0.39, 0.29) is 0 Å². The first-order chi connectivity index (χ1) is 9.07. The van der Waals surface area contributed by atoms with Gasteiger partial charge in [-0.1, -0.05) is 0 Å². The molecule has 0 heterocycles. The van der Waals surface area contributed by atoms with E-state index in [1.54, 1.807) is 0 Å². The number of amides is 3. The smallest absolute Gasteiger partial charge is 0.326 e. The van der Waals surface area contributed by atoms with Crippen molar-refractivity contribution in [1.82, 2.24) is 10.2 Å². The lowest BCUT2D eigenvalue weighted by atomic mass is 10.1. The molecule has 0 spiro atoms. The molecule has 0 radical (unpaired) electrons. The Kier molecular flexibility index (Phi) is 6.63. The van der Waals surface area contributed by atoms with Gasteiger partial charge >= 0.3 is 5.97 Å². The molecule has 0 bridgehead atoms. The fraction of sp³-hybridized carbons (Fsp3) is 0.636. The Morgan fingerprint density at radius 3 is 2.10 bits per heavy atom. The second-order valence-electron chi connectivity index (χ2n) is 4.48. The predicted octanol–water partition coefficient (Wildman–Crippen LogP) is -2.37. The summed E-state index contributed by atoms with van der Waals surface area (Å²) in [7, 11) is 1.37. The van der Waals surface area contributed by atoms with E-state index in [1.807, 2.05) is 0 Å². The zero-order valence-corrected chi connectivity index (χ0v) is 11.6. The zero-order chi connectivity index (χ0) is 16.0. The van der Waals surface area contributed by atoms with Crippen LogP contribution in [0.1, 0.15) is 20.3 Å². The van der Waals surface area contributed by atoms with Crippen molar-refractivity contribution in [3.05, 3.63) is 0 Å². The zero-order valence-electron chi connectivity index (χ0n) is 11.6. The summed E-state index contributed by atoms with van der Waals surface area (Å²) in [5.74, 6) is -3.42. The molecule has 0 aliphatic heterocycles. The summed E-state index contributed by atoms with van der Waals surface area (Å²) >= 11 is 0. The first kappa shape index (κ1) is 17.8. The van der Waals surface area contributed by atoms with E-state index in [2.05, 4.69) is 5.32 Å². The molecule has 3 atom stereocenters. The van der Waals surface area contributed by atoms with Gasteiger partial charge in [-0.25, -0.2) is 4.79 Å². The number of aliphatic carboxylic acids is 1. The second-order valence-corrected chi connectivity index (χ2v) is 4.48. The number of hydrogen-bond acceptors (Lipinski definition) is 5. The van der Waals surface area contributed by atoms with Crippen LogP contribution in [-0.2, 0) is 19.2 Å². The number of carboxylic acids is 1. The standard InChI is InChI=1S/C11H20N4O5/c1-5(12)10(18)15(3)6(2)9(17)14-7(11(19)20)4-8(13)16/h5-7H,4,12H2,1-3H3,(H2,13,16)(H,14,17)(H,19,20). The molecule has 0 saturated carbocycles. The lowest BCUT2D eigenvalue weighted by molar-refractivity contribution is -0.145. The third kappa shape index (κ3) is 5.22. The Morgan fingerprint density at radius 2 is 1.75 bits per heavy atom. The first-order valence-electron chi connectivity index (χ1n) is 5.91. The molecule has 3 amide bonds. The highest BCUT2D eigenvalue weighted by atomic mass is 16.4. The Labute approximate surface area is 116 Å². The Balaban J connectivity index is 4.76. The second kappa shape index (κ2) is 7.43. The number of nitrogens with one attached hydrogen (secondary N) is 1. The van der Waals surface area contributed by atoms with Crippen molar-refractivity contribution in [1.29, 1.82) is 0 Å². The number of nitrogens with zero attached hydrogens (tertiary/aromatic N) is 1. The molecular weight excluding hydrogens is 268 g/mol. The molecule has 0 aromatic heterocycles. The largest absolute Gasteiger partial charge is 0.480 e. The monoisotopic (exact) mass is 288 g/mol. The number of carboxylic acid groups (broad SMARTS) is 1. The fourth-order valence-electron chi connectivity index (χ4n) is 1.38. The maximum atomic E-state index is 11.8. The van der Waals surface area contributed by atoms with Crippen LogP contribution in [-0.4, -0.2) is 58.9 Å². The van der Waals surface area contributed by atoms with Crippen LogP contribution in [0.4, 0.5) is 0 Å². The molecule has 0 aliphatic carbocycles. The predicted molar refractivity (Wildman–Crippen MR) is 69.3 cm³/mol. The molecule has 9 nitrogen and oxygen atoms in total. The third-order valence-electron chi connectivity index (χ3n) is 2.72. The van der Waals surface area contributed by atoms with Crippen molar-refractivity contribution < 1.29 is 24.3 Å². The SMILES string of the molecule is CC(N)C(=O)N(C)C(C)C(=O)NC(CC(N)=O)C(=O)O. The van der Waals surface area contributed by atoms with Crippen LogP contribution >= 0.6 is 0 Å². The van der Waals surface area contributed by atoms with Crippen molar-refractivity contribution in [3.63, 3.8) is 0 Å². The quantitative estimate of drug-likeness (QED) is 0.410. The minimum atomic E-state index is -1.43. The molecule has 0 saturated heterocycles. The minimum absolute atomic E-state index is 0.463. The van der Waals surface area contributed by atoms with E-state index in [0.29, 0.717) is 0 Å². The lowest BCUT2D eigenvalue weighted by Gasteiger charge is -2.26. The maximum Gasteiger partial charge on any atom is 0.326 e. The molecule has 0 aliphatic rings.